The summed E-state index contributed by atoms with van der Waals surface area (Å²) in [6.45, 7) is 3.58. The molecule has 0 fully saturated rings. The number of allylic oxidation sites excluding steroid dienone is 1. The highest BCUT2D eigenvalue weighted by atomic mass is 35.5. The molecule has 0 aromatic carbocycles. The van der Waals surface area contributed by atoms with E-state index in [0.29, 0.717) is 15.8 Å². The largest absolute Gasteiger partial charge is 0.428 e. The van der Waals surface area contributed by atoms with E-state index in [9.17, 15) is 4.79 Å². The van der Waals surface area contributed by atoms with E-state index in [1.165, 1.54) is 0 Å². The Morgan fingerprint density at radius 3 is 2.79 bits per heavy atom. The van der Waals surface area contributed by atoms with E-state index in [2.05, 4.69) is 0 Å². The Morgan fingerprint density at radius 2 is 2.29 bits per heavy atom. The lowest BCUT2D eigenvalue weighted by Crippen LogP contribution is -2.06. The van der Waals surface area contributed by atoms with Gasteiger partial charge in [0.1, 0.15) is 5.76 Å². The second-order valence-corrected chi connectivity index (χ2v) is 3.64. The number of hydrogen-bond donors (Lipinski definition) is 0. The van der Waals surface area contributed by atoms with Gasteiger partial charge >= 0.3 is 5.63 Å². The first-order chi connectivity index (χ1) is 6.56. The fourth-order valence-corrected chi connectivity index (χ4v) is 1.78. The minimum absolute atomic E-state index is 0.237. The number of rotatable bonds is 2. The third kappa shape index (κ3) is 2.40. The normalized spacial score (nSPS) is 11.9. The Morgan fingerprint density at radius 1 is 1.64 bits per heavy atom. The van der Waals surface area contributed by atoms with Crippen LogP contribution in [0.3, 0.4) is 0 Å². The van der Waals surface area contributed by atoms with Gasteiger partial charge in [0, 0.05) is 0 Å². The Labute approximate surface area is 92.1 Å². The Hall–Kier alpha value is -0.730. The van der Waals surface area contributed by atoms with Gasteiger partial charge in [-0.25, -0.2) is 4.79 Å². The van der Waals surface area contributed by atoms with Gasteiger partial charge in [0.2, 0.25) is 0 Å². The van der Waals surface area contributed by atoms with Crippen LogP contribution in [-0.4, -0.2) is 0 Å². The smallest absolute Gasteiger partial charge is 0.346 e. The van der Waals surface area contributed by atoms with Crippen LogP contribution in [0.4, 0.5) is 0 Å². The first-order valence-corrected chi connectivity index (χ1v) is 4.98. The first kappa shape index (κ1) is 11.3. The van der Waals surface area contributed by atoms with E-state index in [1.54, 1.807) is 19.1 Å². The summed E-state index contributed by atoms with van der Waals surface area (Å²) in [5.74, 6) is 0.477. The molecular formula is C10H10Cl2O2. The van der Waals surface area contributed by atoms with Gasteiger partial charge in [0.15, 0.2) is 0 Å². The molecule has 0 bridgehead atoms. The molecule has 2 nitrogen and oxygen atoms in total. The summed E-state index contributed by atoms with van der Waals surface area (Å²) in [7, 11) is 0. The molecule has 0 saturated carbocycles. The third-order valence-corrected chi connectivity index (χ3v) is 2.29. The van der Waals surface area contributed by atoms with Gasteiger partial charge < -0.3 is 4.42 Å². The first-order valence-electron chi connectivity index (χ1n) is 4.22. The zero-order chi connectivity index (χ0) is 10.7. The Bertz CT molecular complexity index is 419. The highest BCUT2D eigenvalue weighted by Gasteiger charge is 2.11. The van der Waals surface area contributed by atoms with Gasteiger partial charge in [-0.3, -0.25) is 0 Å². The molecule has 76 valence electrons. The molecule has 0 radical (unpaired) electrons. The standard InChI is InChI=1S/C10H10Cl2O2/c1-3-4-7(11)9-8(12)5-6(2)14-10(9)13/h4-5H,3H2,1-2H3/b7-4-. The monoisotopic (exact) mass is 232 g/mol. The maximum Gasteiger partial charge on any atom is 0.346 e. The highest BCUT2D eigenvalue weighted by Crippen LogP contribution is 2.24. The van der Waals surface area contributed by atoms with Crippen molar-refractivity contribution in [3.05, 3.63) is 38.9 Å². The lowest BCUT2D eigenvalue weighted by Gasteiger charge is -2.01. The molecule has 1 aromatic rings. The number of aryl methyl sites for hydroxylation is 1. The van der Waals surface area contributed by atoms with Crippen molar-refractivity contribution in [2.75, 3.05) is 0 Å². The maximum atomic E-state index is 11.4. The summed E-state index contributed by atoms with van der Waals surface area (Å²) >= 11 is 11.8. The van der Waals surface area contributed by atoms with E-state index in [4.69, 9.17) is 27.6 Å². The lowest BCUT2D eigenvalue weighted by atomic mass is 10.2. The van der Waals surface area contributed by atoms with E-state index >= 15 is 0 Å². The molecule has 1 heterocycles. The average molecular weight is 233 g/mol. The van der Waals surface area contributed by atoms with Gasteiger partial charge in [-0.15, -0.1) is 0 Å². The van der Waals surface area contributed by atoms with E-state index in [-0.39, 0.29) is 5.56 Å². The van der Waals surface area contributed by atoms with Crippen LogP contribution in [0.25, 0.3) is 5.03 Å². The predicted octanol–water partition coefficient (Wildman–Crippen LogP) is 3.59. The fraction of sp³-hybridized carbons (Fsp3) is 0.300. The Kier molecular flexibility index (Phi) is 3.78. The van der Waals surface area contributed by atoms with Crippen LogP contribution in [-0.2, 0) is 0 Å². The molecule has 0 atom stereocenters. The number of halogens is 2. The van der Waals surface area contributed by atoms with Crippen LogP contribution in [0.5, 0.6) is 0 Å². The average Bonchev–Trinajstić information content (AvgIpc) is 2.01. The summed E-state index contributed by atoms with van der Waals surface area (Å²) in [6, 6.07) is 1.57. The summed E-state index contributed by atoms with van der Waals surface area (Å²) in [6.07, 6.45) is 2.46. The van der Waals surface area contributed by atoms with Gasteiger partial charge in [0.05, 0.1) is 15.6 Å². The molecule has 1 rings (SSSR count). The van der Waals surface area contributed by atoms with Crippen molar-refractivity contribution in [3.63, 3.8) is 0 Å². The topological polar surface area (TPSA) is 30.2 Å². The lowest BCUT2D eigenvalue weighted by molar-refractivity contribution is 0.478. The van der Waals surface area contributed by atoms with Crippen molar-refractivity contribution >= 4 is 28.2 Å². The second kappa shape index (κ2) is 4.67. The molecular weight excluding hydrogens is 223 g/mol. The van der Waals surface area contributed by atoms with E-state index < -0.39 is 5.63 Å². The predicted molar refractivity (Wildman–Crippen MR) is 58.8 cm³/mol. The SMILES string of the molecule is CC/C=C(\Cl)c1c(Cl)cc(C)oc1=O. The minimum Gasteiger partial charge on any atom is -0.428 e. The summed E-state index contributed by atoms with van der Waals surface area (Å²) in [5.41, 5.74) is -0.259. The molecule has 0 unspecified atom stereocenters. The molecule has 0 amide bonds. The van der Waals surface area contributed by atoms with Crippen LogP contribution in [0.1, 0.15) is 24.7 Å². The summed E-state index contributed by atoms with van der Waals surface area (Å²) < 4.78 is 4.89. The van der Waals surface area contributed by atoms with Crippen LogP contribution >= 0.6 is 23.2 Å². The van der Waals surface area contributed by atoms with Gasteiger partial charge in [0.25, 0.3) is 0 Å². The minimum atomic E-state index is -0.496. The zero-order valence-corrected chi connectivity index (χ0v) is 9.45. The molecule has 0 N–H and O–H groups in total. The third-order valence-electron chi connectivity index (χ3n) is 1.65. The second-order valence-electron chi connectivity index (χ2n) is 2.83. The summed E-state index contributed by atoms with van der Waals surface area (Å²) in [5, 5.41) is 0.666. The van der Waals surface area contributed by atoms with Gasteiger partial charge in [-0.2, -0.15) is 0 Å². The van der Waals surface area contributed by atoms with Crippen LogP contribution in [0, 0.1) is 6.92 Å². The Balaban J connectivity index is 3.35. The van der Waals surface area contributed by atoms with Crippen molar-refractivity contribution < 1.29 is 4.42 Å². The molecule has 0 saturated heterocycles. The molecule has 0 aliphatic carbocycles. The van der Waals surface area contributed by atoms with E-state index in [0.717, 1.165) is 6.42 Å². The zero-order valence-electron chi connectivity index (χ0n) is 7.93. The highest BCUT2D eigenvalue weighted by molar-refractivity contribution is 6.50. The maximum absolute atomic E-state index is 11.4. The van der Waals surface area contributed by atoms with E-state index in [1.807, 2.05) is 6.92 Å². The molecule has 1 aromatic heterocycles. The number of hydrogen-bond acceptors (Lipinski definition) is 2. The fourth-order valence-electron chi connectivity index (χ4n) is 1.07. The summed E-state index contributed by atoms with van der Waals surface area (Å²) in [4.78, 5) is 11.4. The quantitative estimate of drug-likeness (QED) is 0.781. The van der Waals surface area contributed by atoms with Crippen molar-refractivity contribution in [2.24, 2.45) is 0 Å². The van der Waals surface area contributed by atoms with Gasteiger partial charge in [-0.05, 0) is 19.4 Å². The van der Waals surface area contributed by atoms with Crippen molar-refractivity contribution in [1.29, 1.82) is 0 Å². The van der Waals surface area contributed by atoms with Crippen molar-refractivity contribution in [1.82, 2.24) is 0 Å². The molecule has 14 heavy (non-hydrogen) atoms. The van der Waals surface area contributed by atoms with Crippen molar-refractivity contribution in [2.45, 2.75) is 20.3 Å². The molecule has 0 spiro atoms. The molecule has 4 heteroatoms. The molecule has 0 aliphatic rings. The molecule has 0 aliphatic heterocycles. The van der Waals surface area contributed by atoms with Crippen LogP contribution in [0.2, 0.25) is 5.02 Å². The van der Waals surface area contributed by atoms with Crippen LogP contribution < -0.4 is 5.63 Å². The van der Waals surface area contributed by atoms with Crippen LogP contribution in [0.15, 0.2) is 21.4 Å². The van der Waals surface area contributed by atoms with Crippen molar-refractivity contribution in [3.8, 4) is 0 Å². The van der Waals surface area contributed by atoms with Gasteiger partial charge in [-0.1, -0.05) is 36.2 Å².